The highest BCUT2D eigenvalue weighted by Crippen LogP contribution is 2.16. The first-order valence-electron chi connectivity index (χ1n) is 6.57. The molecule has 0 radical (unpaired) electrons. The number of nitrogens with one attached hydrogen (secondary N) is 2. The fourth-order valence-electron chi connectivity index (χ4n) is 1.52. The molecule has 0 aliphatic rings. The Morgan fingerprint density at radius 3 is 2.85 bits per heavy atom. The molecule has 2 N–H and O–H groups in total. The lowest BCUT2D eigenvalue weighted by Gasteiger charge is -2.05. The molecule has 0 spiro atoms. The van der Waals surface area contributed by atoms with Crippen molar-refractivity contribution in [1.82, 2.24) is 15.2 Å². The van der Waals surface area contributed by atoms with Crippen LogP contribution in [0.1, 0.15) is 35.8 Å². The molecule has 0 aromatic carbocycles. The number of anilines is 2. The van der Waals surface area contributed by atoms with E-state index in [-0.39, 0.29) is 5.91 Å². The van der Waals surface area contributed by atoms with E-state index >= 15 is 0 Å². The Hall–Kier alpha value is -2.02. The predicted molar refractivity (Wildman–Crippen MR) is 80.3 cm³/mol. The highest BCUT2D eigenvalue weighted by Gasteiger charge is 2.11. The van der Waals surface area contributed by atoms with Crippen molar-refractivity contribution in [3.8, 4) is 0 Å². The average Bonchev–Trinajstić information content (AvgIpc) is 2.93. The second-order valence-electron chi connectivity index (χ2n) is 4.14. The summed E-state index contributed by atoms with van der Waals surface area (Å²) in [4.78, 5) is 16.3. The van der Waals surface area contributed by atoms with Crippen LogP contribution >= 0.6 is 11.3 Å². The maximum absolute atomic E-state index is 12.1. The Balaban J connectivity index is 2.04. The number of nitrogens with zero attached hydrogens (tertiary/aromatic N) is 3. The van der Waals surface area contributed by atoms with Gasteiger partial charge in [-0.3, -0.25) is 10.1 Å². The summed E-state index contributed by atoms with van der Waals surface area (Å²) >= 11 is 1.38. The van der Waals surface area contributed by atoms with Gasteiger partial charge in [-0.25, -0.2) is 4.98 Å². The second-order valence-corrected chi connectivity index (χ2v) is 5.21. The normalized spacial score (nSPS) is 10.3. The van der Waals surface area contributed by atoms with Gasteiger partial charge in [0.1, 0.15) is 16.5 Å². The van der Waals surface area contributed by atoms with E-state index in [0.717, 1.165) is 24.4 Å². The average molecular weight is 291 g/mol. The number of aromatic nitrogens is 3. The Bertz CT molecular complexity index is 584. The van der Waals surface area contributed by atoms with Crippen molar-refractivity contribution >= 4 is 28.2 Å². The molecule has 2 heterocycles. The van der Waals surface area contributed by atoms with Crippen LogP contribution in [0.25, 0.3) is 0 Å². The molecule has 0 atom stereocenters. The third kappa shape index (κ3) is 3.74. The highest BCUT2D eigenvalue weighted by atomic mass is 32.1. The SMILES string of the molecule is CCCNc1cccc(C(=O)Nc2nnc(CC)s2)n1. The summed E-state index contributed by atoms with van der Waals surface area (Å²) in [7, 11) is 0. The van der Waals surface area contributed by atoms with Crippen LogP contribution in [-0.2, 0) is 6.42 Å². The minimum atomic E-state index is -0.274. The standard InChI is InChI=1S/C13H17N5OS/c1-3-8-14-10-7-5-6-9(15-10)12(19)16-13-18-17-11(4-2)20-13/h5-7H,3-4,8H2,1-2H3,(H,14,15)(H,16,18,19). The molecule has 0 unspecified atom stereocenters. The van der Waals surface area contributed by atoms with E-state index in [1.807, 2.05) is 13.0 Å². The van der Waals surface area contributed by atoms with Crippen molar-refractivity contribution in [3.63, 3.8) is 0 Å². The summed E-state index contributed by atoms with van der Waals surface area (Å²) in [5, 5.41) is 15.1. The van der Waals surface area contributed by atoms with Crippen molar-refractivity contribution in [2.24, 2.45) is 0 Å². The van der Waals surface area contributed by atoms with E-state index in [1.165, 1.54) is 11.3 Å². The molecule has 2 aromatic heterocycles. The van der Waals surface area contributed by atoms with Gasteiger partial charge >= 0.3 is 0 Å². The maximum Gasteiger partial charge on any atom is 0.276 e. The predicted octanol–water partition coefficient (Wildman–Crippen LogP) is 2.57. The largest absolute Gasteiger partial charge is 0.370 e. The lowest BCUT2D eigenvalue weighted by molar-refractivity contribution is 0.102. The van der Waals surface area contributed by atoms with Crippen LogP contribution in [0.5, 0.6) is 0 Å². The number of amides is 1. The lowest BCUT2D eigenvalue weighted by atomic mass is 10.3. The van der Waals surface area contributed by atoms with Gasteiger partial charge in [0.15, 0.2) is 0 Å². The molecule has 2 rings (SSSR count). The van der Waals surface area contributed by atoms with Gasteiger partial charge in [-0.05, 0) is 25.0 Å². The van der Waals surface area contributed by atoms with Gasteiger partial charge in [-0.2, -0.15) is 0 Å². The first-order valence-corrected chi connectivity index (χ1v) is 7.39. The molecule has 7 heteroatoms. The summed E-state index contributed by atoms with van der Waals surface area (Å²) in [6, 6.07) is 5.32. The van der Waals surface area contributed by atoms with Gasteiger partial charge in [0.25, 0.3) is 5.91 Å². The summed E-state index contributed by atoms with van der Waals surface area (Å²) in [5.74, 6) is 0.426. The summed E-state index contributed by atoms with van der Waals surface area (Å²) < 4.78 is 0. The molecule has 6 nitrogen and oxygen atoms in total. The van der Waals surface area contributed by atoms with Crippen molar-refractivity contribution in [2.45, 2.75) is 26.7 Å². The molecular weight excluding hydrogens is 274 g/mol. The molecule has 0 aliphatic carbocycles. The van der Waals surface area contributed by atoms with Crippen LogP contribution in [0, 0.1) is 0 Å². The third-order valence-electron chi connectivity index (χ3n) is 2.53. The second kappa shape index (κ2) is 6.95. The van der Waals surface area contributed by atoms with E-state index in [4.69, 9.17) is 0 Å². The number of hydrogen-bond donors (Lipinski definition) is 2. The van der Waals surface area contributed by atoms with Crippen LogP contribution in [0.15, 0.2) is 18.2 Å². The molecule has 0 bridgehead atoms. The smallest absolute Gasteiger partial charge is 0.276 e. The van der Waals surface area contributed by atoms with E-state index < -0.39 is 0 Å². The zero-order valence-corrected chi connectivity index (χ0v) is 12.3. The third-order valence-corrected chi connectivity index (χ3v) is 3.51. The molecule has 0 saturated carbocycles. The fourth-order valence-corrected chi connectivity index (χ4v) is 2.20. The zero-order chi connectivity index (χ0) is 14.4. The van der Waals surface area contributed by atoms with Gasteiger partial charge in [0, 0.05) is 6.54 Å². The number of rotatable bonds is 6. The number of aryl methyl sites for hydroxylation is 1. The number of pyridine rings is 1. The zero-order valence-electron chi connectivity index (χ0n) is 11.5. The number of hydrogen-bond acceptors (Lipinski definition) is 6. The molecule has 106 valence electrons. The lowest BCUT2D eigenvalue weighted by Crippen LogP contribution is -2.14. The van der Waals surface area contributed by atoms with Gasteiger partial charge in [0.2, 0.25) is 5.13 Å². The van der Waals surface area contributed by atoms with Gasteiger partial charge in [-0.1, -0.05) is 31.3 Å². The maximum atomic E-state index is 12.1. The summed E-state index contributed by atoms with van der Waals surface area (Å²) in [5.41, 5.74) is 0.361. The fraction of sp³-hybridized carbons (Fsp3) is 0.385. The van der Waals surface area contributed by atoms with Crippen molar-refractivity contribution in [1.29, 1.82) is 0 Å². The van der Waals surface area contributed by atoms with Crippen LogP contribution in [0.2, 0.25) is 0 Å². The summed E-state index contributed by atoms with van der Waals surface area (Å²) in [6.45, 7) is 4.90. The van der Waals surface area contributed by atoms with Crippen molar-refractivity contribution in [3.05, 3.63) is 28.9 Å². The molecule has 0 aliphatic heterocycles. The monoisotopic (exact) mass is 291 g/mol. The van der Waals surface area contributed by atoms with Crippen LogP contribution in [0.3, 0.4) is 0 Å². The molecule has 2 aromatic rings. The van der Waals surface area contributed by atoms with Crippen LogP contribution in [-0.4, -0.2) is 27.6 Å². The van der Waals surface area contributed by atoms with E-state index in [2.05, 4.69) is 32.7 Å². The first kappa shape index (κ1) is 14.4. The molecular formula is C13H17N5OS. The topological polar surface area (TPSA) is 79.8 Å². The summed E-state index contributed by atoms with van der Waals surface area (Å²) in [6.07, 6.45) is 1.81. The number of carbonyl (C=O) groups excluding carboxylic acids is 1. The van der Waals surface area contributed by atoms with Gasteiger partial charge in [-0.15, -0.1) is 10.2 Å². The van der Waals surface area contributed by atoms with Gasteiger partial charge in [0.05, 0.1) is 0 Å². The van der Waals surface area contributed by atoms with Crippen LogP contribution < -0.4 is 10.6 Å². The molecule has 0 fully saturated rings. The van der Waals surface area contributed by atoms with Crippen LogP contribution in [0.4, 0.5) is 10.9 Å². The molecule has 1 amide bonds. The first-order chi connectivity index (χ1) is 9.72. The van der Waals surface area contributed by atoms with Crippen molar-refractivity contribution < 1.29 is 4.79 Å². The Morgan fingerprint density at radius 1 is 1.30 bits per heavy atom. The van der Waals surface area contributed by atoms with E-state index in [0.29, 0.717) is 16.6 Å². The quantitative estimate of drug-likeness (QED) is 0.855. The molecule has 0 saturated heterocycles. The minimum absolute atomic E-state index is 0.274. The number of carbonyl (C=O) groups is 1. The van der Waals surface area contributed by atoms with E-state index in [9.17, 15) is 4.79 Å². The molecule has 20 heavy (non-hydrogen) atoms. The Morgan fingerprint density at radius 2 is 2.15 bits per heavy atom. The minimum Gasteiger partial charge on any atom is -0.370 e. The highest BCUT2D eigenvalue weighted by molar-refractivity contribution is 7.15. The van der Waals surface area contributed by atoms with E-state index in [1.54, 1.807) is 12.1 Å². The van der Waals surface area contributed by atoms with Gasteiger partial charge < -0.3 is 5.32 Å². The Labute approximate surface area is 121 Å². The Kier molecular flexibility index (Phi) is 5.00. The van der Waals surface area contributed by atoms with Crippen molar-refractivity contribution in [2.75, 3.05) is 17.2 Å².